The molecule has 1 fully saturated rings. The Morgan fingerprint density at radius 2 is 1.70 bits per heavy atom. The largest absolute Gasteiger partial charge is 0.457 e. The van der Waals surface area contributed by atoms with Crippen molar-refractivity contribution in [2.75, 3.05) is 18.1 Å². The molecular formula is C27H22N2O8. The van der Waals surface area contributed by atoms with Crippen molar-refractivity contribution in [2.45, 2.75) is 13.3 Å². The van der Waals surface area contributed by atoms with E-state index in [2.05, 4.69) is 0 Å². The number of aryl methyl sites for hydroxylation is 1. The molecule has 188 valence electrons. The van der Waals surface area contributed by atoms with E-state index in [1.165, 1.54) is 35.2 Å². The Bertz CT molecular complexity index is 1370. The molecule has 0 spiro atoms. The van der Waals surface area contributed by atoms with Gasteiger partial charge in [0, 0.05) is 30.2 Å². The van der Waals surface area contributed by atoms with Gasteiger partial charge in [-0.05, 0) is 49.4 Å². The van der Waals surface area contributed by atoms with Crippen LogP contribution < -0.4 is 9.64 Å². The molecule has 10 heteroatoms. The Balaban J connectivity index is 1.31. The summed E-state index contributed by atoms with van der Waals surface area (Å²) in [4.78, 5) is 61.6. The first-order valence-electron chi connectivity index (χ1n) is 11.4. The molecule has 10 nitrogen and oxygen atoms in total. The van der Waals surface area contributed by atoms with Crippen molar-refractivity contribution < 1.29 is 33.6 Å². The Morgan fingerprint density at radius 1 is 1.00 bits per heavy atom. The van der Waals surface area contributed by atoms with Crippen molar-refractivity contribution in [1.29, 1.82) is 0 Å². The van der Waals surface area contributed by atoms with Crippen molar-refractivity contribution >= 4 is 35.0 Å². The van der Waals surface area contributed by atoms with Crippen LogP contribution in [0.25, 0.3) is 0 Å². The number of nitrogens with zero attached hydrogens (tertiary/aromatic N) is 2. The SMILES string of the molecule is Cc1ccc(N2C[C@H](C(=O)OCC(=O)c3ccc(OC(=O)c4ccccc4)cc3)CC2=O)cc1[N+](=O)[O-]. The second-order valence-electron chi connectivity index (χ2n) is 8.44. The fraction of sp³-hybridized carbons (Fsp3) is 0.185. The molecule has 1 aliphatic rings. The Morgan fingerprint density at radius 3 is 2.38 bits per heavy atom. The highest BCUT2D eigenvalue weighted by atomic mass is 16.6. The van der Waals surface area contributed by atoms with Crippen LogP contribution in [0.4, 0.5) is 11.4 Å². The van der Waals surface area contributed by atoms with E-state index in [9.17, 15) is 29.3 Å². The summed E-state index contributed by atoms with van der Waals surface area (Å²) < 4.78 is 10.4. The molecule has 4 rings (SSSR count). The Hall–Kier alpha value is -4.86. The molecule has 0 radical (unpaired) electrons. The topological polar surface area (TPSA) is 133 Å². The van der Waals surface area contributed by atoms with E-state index >= 15 is 0 Å². The van der Waals surface area contributed by atoms with E-state index in [1.807, 2.05) is 0 Å². The maximum Gasteiger partial charge on any atom is 0.343 e. The van der Waals surface area contributed by atoms with Gasteiger partial charge < -0.3 is 14.4 Å². The number of nitro groups is 1. The van der Waals surface area contributed by atoms with Crippen LogP contribution in [0.2, 0.25) is 0 Å². The number of Topliss-reactive ketones (excluding diaryl/α,β-unsaturated/α-hetero) is 1. The highest BCUT2D eigenvalue weighted by Gasteiger charge is 2.37. The number of anilines is 1. The van der Waals surface area contributed by atoms with Gasteiger partial charge in [0.2, 0.25) is 5.91 Å². The minimum atomic E-state index is -0.805. The third-order valence-corrected chi connectivity index (χ3v) is 5.90. The first-order chi connectivity index (χ1) is 17.7. The van der Waals surface area contributed by atoms with Gasteiger partial charge in [0.15, 0.2) is 12.4 Å². The third-order valence-electron chi connectivity index (χ3n) is 5.90. The quantitative estimate of drug-likeness (QED) is 0.149. The zero-order valence-electron chi connectivity index (χ0n) is 19.8. The van der Waals surface area contributed by atoms with E-state index in [4.69, 9.17) is 9.47 Å². The summed E-state index contributed by atoms with van der Waals surface area (Å²) in [5, 5.41) is 11.2. The van der Waals surface area contributed by atoms with Gasteiger partial charge in [-0.3, -0.25) is 24.5 Å². The predicted octanol–water partition coefficient (Wildman–Crippen LogP) is 3.90. The minimum Gasteiger partial charge on any atom is -0.457 e. The van der Waals surface area contributed by atoms with Gasteiger partial charge in [0.1, 0.15) is 5.75 Å². The van der Waals surface area contributed by atoms with Crippen molar-refractivity contribution in [2.24, 2.45) is 5.92 Å². The third kappa shape index (κ3) is 5.87. The number of hydrogen-bond donors (Lipinski definition) is 0. The van der Waals surface area contributed by atoms with Gasteiger partial charge in [0.05, 0.1) is 22.1 Å². The summed E-state index contributed by atoms with van der Waals surface area (Å²) in [7, 11) is 0. The van der Waals surface area contributed by atoms with Crippen LogP contribution in [0, 0.1) is 23.0 Å². The average molecular weight is 502 g/mol. The van der Waals surface area contributed by atoms with E-state index < -0.39 is 35.2 Å². The predicted molar refractivity (Wildman–Crippen MR) is 131 cm³/mol. The number of amides is 1. The van der Waals surface area contributed by atoms with Crippen LogP contribution >= 0.6 is 0 Å². The summed E-state index contributed by atoms with van der Waals surface area (Å²) in [5.74, 6) is -2.63. The van der Waals surface area contributed by atoms with E-state index in [0.29, 0.717) is 16.8 Å². The summed E-state index contributed by atoms with van der Waals surface area (Å²) in [6.07, 6.45) is -0.129. The molecule has 3 aromatic carbocycles. The fourth-order valence-corrected chi connectivity index (χ4v) is 3.86. The molecule has 0 aromatic heterocycles. The number of esters is 2. The Kier molecular flexibility index (Phi) is 7.38. The van der Waals surface area contributed by atoms with Crippen LogP contribution in [0.3, 0.4) is 0 Å². The first-order valence-corrected chi connectivity index (χ1v) is 11.4. The van der Waals surface area contributed by atoms with Gasteiger partial charge >= 0.3 is 11.9 Å². The number of hydrogen-bond acceptors (Lipinski definition) is 8. The highest BCUT2D eigenvalue weighted by Crippen LogP contribution is 2.30. The van der Waals surface area contributed by atoms with Crippen LogP contribution in [0.5, 0.6) is 5.75 Å². The van der Waals surface area contributed by atoms with Crippen molar-refractivity contribution in [3.8, 4) is 5.75 Å². The van der Waals surface area contributed by atoms with Crippen LogP contribution in [0.1, 0.15) is 32.7 Å². The zero-order valence-corrected chi connectivity index (χ0v) is 19.8. The molecule has 1 amide bonds. The molecule has 0 saturated carbocycles. The van der Waals surface area contributed by atoms with Crippen molar-refractivity contribution in [3.63, 3.8) is 0 Å². The number of carbonyl (C=O) groups excluding carboxylic acids is 4. The van der Waals surface area contributed by atoms with Gasteiger partial charge in [-0.2, -0.15) is 0 Å². The van der Waals surface area contributed by atoms with Crippen LogP contribution in [-0.2, 0) is 14.3 Å². The van der Waals surface area contributed by atoms with Crippen molar-refractivity contribution in [3.05, 3.63) is 99.6 Å². The number of benzene rings is 3. The molecular weight excluding hydrogens is 480 g/mol. The minimum absolute atomic E-state index is 0.00640. The fourth-order valence-electron chi connectivity index (χ4n) is 3.86. The number of ether oxygens (including phenoxy) is 2. The molecule has 1 heterocycles. The van der Waals surface area contributed by atoms with Gasteiger partial charge in [-0.15, -0.1) is 0 Å². The Labute approximate surface area is 211 Å². The summed E-state index contributed by atoms with van der Waals surface area (Å²) in [6, 6.07) is 18.7. The highest BCUT2D eigenvalue weighted by molar-refractivity contribution is 6.01. The first kappa shape index (κ1) is 25.2. The second kappa shape index (κ2) is 10.8. The molecule has 3 aromatic rings. The molecule has 1 saturated heterocycles. The van der Waals surface area contributed by atoms with Gasteiger partial charge in [-0.1, -0.05) is 24.3 Å². The van der Waals surface area contributed by atoms with E-state index in [1.54, 1.807) is 49.4 Å². The number of rotatable bonds is 8. The number of ketones is 1. The lowest BCUT2D eigenvalue weighted by Gasteiger charge is -2.16. The monoisotopic (exact) mass is 502 g/mol. The lowest BCUT2D eigenvalue weighted by Crippen LogP contribution is -2.27. The van der Waals surface area contributed by atoms with Gasteiger partial charge in [0.25, 0.3) is 5.69 Å². The summed E-state index contributed by atoms with van der Waals surface area (Å²) in [6.45, 7) is 1.06. The smallest absolute Gasteiger partial charge is 0.343 e. The molecule has 1 aliphatic heterocycles. The molecule has 1 atom stereocenters. The summed E-state index contributed by atoms with van der Waals surface area (Å²) >= 11 is 0. The molecule has 0 bridgehead atoms. The molecule has 0 N–H and O–H groups in total. The second-order valence-corrected chi connectivity index (χ2v) is 8.44. The lowest BCUT2D eigenvalue weighted by molar-refractivity contribution is -0.385. The number of nitro benzene ring substituents is 1. The summed E-state index contributed by atoms with van der Waals surface area (Å²) in [5.41, 5.74) is 1.30. The molecule has 0 unspecified atom stereocenters. The standard InChI is InChI=1S/C27H22N2O8/c1-17-7-10-21(14-23(17)29(34)35)28-15-20(13-25(28)31)26(32)36-16-24(30)18-8-11-22(12-9-18)37-27(33)19-5-3-2-4-6-19/h2-12,14,20H,13,15-16H2,1H3/t20-/m1/s1. The van der Waals surface area contributed by atoms with Crippen LogP contribution in [0.15, 0.2) is 72.8 Å². The van der Waals surface area contributed by atoms with Crippen LogP contribution in [-0.4, -0.2) is 41.7 Å². The zero-order chi connectivity index (χ0) is 26.5. The maximum atomic E-state index is 12.5. The van der Waals surface area contributed by atoms with Gasteiger partial charge in [-0.25, -0.2) is 4.79 Å². The van der Waals surface area contributed by atoms with E-state index in [-0.39, 0.29) is 35.9 Å². The normalized spacial score (nSPS) is 14.8. The van der Waals surface area contributed by atoms with E-state index in [0.717, 1.165) is 0 Å². The average Bonchev–Trinajstić information content (AvgIpc) is 3.29. The lowest BCUT2D eigenvalue weighted by atomic mass is 10.1. The maximum absolute atomic E-state index is 12.5. The van der Waals surface area contributed by atoms with Crippen molar-refractivity contribution in [1.82, 2.24) is 0 Å². The number of carbonyl (C=O) groups is 4. The molecule has 37 heavy (non-hydrogen) atoms. The molecule has 0 aliphatic carbocycles.